The molecule has 0 spiro atoms. The molecule has 6 aromatic carbocycles. The van der Waals surface area contributed by atoms with Crippen LogP contribution in [0.2, 0.25) is 0 Å². The molecule has 292 valence electrons. The molecule has 9 heteroatoms. The highest BCUT2D eigenvalue weighted by atomic mass is 16.1. The molecule has 2 heterocycles. The molecule has 59 heavy (non-hydrogen) atoms. The Labute approximate surface area is 345 Å². The zero-order valence-electron chi connectivity index (χ0n) is 33.5. The fourth-order valence-electron chi connectivity index (χ4n) is 7.71. The number of nitrogens with zero attached hydrogens (tertiary/aromatic N) is 7. The standard InChI is InChI=1S/C50H46N8O/c1-36(2)34-57(35-39-18-8-4-9-19-39)49-51-45(33-46(53-49)52-47(59)32-38-30-28-37(3)29-31-38)43-26-16-17-27-44(43)48-54-55-56-58(48)50(40-20-10-5-11-21-40,41-22-12-6-13-23-41)42-24-14-7-15-25-42/h4-31,33,36H,32,34-35H2,1-3H3,(H,51,52,53,59). The third-order valence-electron chi connectivity index (χ3n) is 10.4. The largest absolute Gasteiger partial charge is 0.336 e. The number of tetrazole rings is 1. The number of anilines is 2. The van der Waals surface area contributed by atoms with Crippen LogP contribution < -0.4 is 10.2 Å². The number of hydrogen-bond donors (Lipinski definition) is 1. The van der Waals surface area contributed by atoms with E-state index in [1.54, 1.807) is 0 Å². The maximum atomic E-state index is 13.7. The summed E-state index contributed by atoms with van der Waals surface area (Å²) in [4.78, 5) is 26.1. The molecule has 8 rings (SSSR count). The minimum absolute atomic E-state index is 0.168. The van der Waals surface area contributed by atoms with Crippen molar-refractivity contribution in [1.82, 2.24) is 30.2 Å². The van der Waals surface area contributed by atoms with Crippen molar-refractivity contribution in [3.63, 3.8) is 0 Å². The zero-order valence-corrected chi connectivity index (χ0v) is 33.5. The van der Waals surface area contributed by atoms with Gasteiger partial charge in [-0.3, -0.25) is 4.79 Å². The topological polar surface area (TPSA) is 102 Å². The second-order valence-electron chi connectivity index (χ2n) is 15.2. The first-order valence-electron chi connectivity index (χ1n) is 20.0. The quantitative estimate of drug-likeness (QED) is 0.110. The van der Waals surface area contributed by atoms with Crippen molar-refractivity contribution in [2.75, 3.05) is 16.8 Å². The van der Waals surface area contributed by atoms with Gasteiger partial charge < -0.3 is 10.2 Å². The van der Waals surface area contributed by atoms with E-state index < -0.39 is 5.54 Å². The molecule has 0 bridgehead atoms. The summed E-state index contributed by atoms with van der Waals surface area (Å²) in [5, 5.41) is 17.1. The molecule has 2 aromatic heterocycles. The van der Waals surface area contributed by atoms with Gasteiger partial charge in [-0.1, -0.05) is 189 Å². The molecule has 1 N–H and O–H groups in total. The molecule has 0 aliphatic rings. The van der Waals surface area contributed by atoms with Crippen molar-refractivity contribution in [2.45, 2.75) is 39.3 Å². The summed E-state index contributed by atoms with van der Waals surface area (Å²) in [7, 11) is 0. The summed E-state index contributed by atoms with van der Waals surface area (Å²) < 4.78 is 1.93. The van der Waals surface area contributed by atoms with Crippen molar-refractivity contribution in [1.29, 1.82) is 0 Å². The fourth-order valence-corrected chi connectivity index (χ4v) is 7.71. The van der Waals surface area contributed by atoms with E-state index in [1.807, 2.05) is 139 Å². The maximum absolute atomic E-state index is 13.7. The number of aryl methyl sites for hydroxylation is 1. The molecule has 0 saturated carbocycles. The maximum Gasteiger partial charge on any atom is 0.229 e. The molecule has 0 radical (unpaired) electrons. The Morgan fingerprint density at radius 3 is 1.78 bits per heavy atom. The average Bonchev–Trinajstić information content (AvgIpc) is 3.76. The second kappa shape index (κ2) is 17.5. The predicted octanol–water partition coefficient (Wildman–Crippen LogP) is 9.79. The predicted molar refractivity (Wildman–Crippen MR) is 235 cm³/mol. The highest BCUT2D eigenvalue weighted by Gasteiger charge is 2.42. The first-order valence-corrected chi connectivity index (χ1v) is 20.0. The molecule has 0 aliphatic carbocycles. The Hall–Kier alpha value is -7.26. The van der Waals surface area contributed by atoms with E-state index in [0.29, 0.717) is 42.3 Å². The molecular formula is C50H46N8O. The highest BCUT2D eigenvalue weighted by molar-refractivity contribution is 5.92. The van der Waals surface area contributed by atoms with Crippen molar-refractivity contribution >= 4 is 17.7 Å². The average molecular weight is 775 g/mol. The Morgan fingerprint density at radius 2 is 1.20 bits per heavy atom. The number of rotatable bonds is 14. The van der Waals surface area contributed by atoms with Gasteiger partial charge in [-0.2, -0.15) is 4.98 Å². The van der Waals surface area contributed by atoms with Gasteiger partial charge in [-0.25, -0.2) is 9.67 Å². The Kier molecular flexibility index (Phi) is 11.4. The van der Waals surface area contributed by atoms with Crippen LogP contribution in [0.3, 0.4) is 0 Å². The van der Waals surface area contributed by atoms with E-state index in [2.05, 4.69) is 77.8 Å². The zero-order chi connectivity index (χ0) is 40.6. The fraction of sp³-hybridized carbons (Fsp3) is 0.160. The molecule has 0 unspecified atom stereocenters. The lowest BCUT2D eigenvalue weighted by atomic mass is 9.77. The number of amides is 1. The minimum Gasteiger partial charge on any atom is -0.336 e. The lowest BCUT2D eigenvalue weighted by Crippen LogP contribution is -2.39. The van der Waals surface area contributed by atoms with Gasteiger partial charge in [0.25, 0.3) is 0 Å². The first kappa shape index (κ1) is 38.6. The second-order valence-corrected chi connectivity index (χ2v) is 15.2. The van der Waals surface area contributed by atoms with Crippen LogP contribution in [-0.4, -0.2) is 42.6 Å². The molecule has 0 fully saturated rings. The SMILES string of the molecule is Cc1ccc(CC(=O)Nc2cc(-c3ccccc3-c3nnnn3C(c3ccccc3)(c3ccccc3)c3ccccc3)nc(N(Cc3ccccc3)CC(C)C)n2)cc1. The van der Waals surface area contributed by atoms with Gasteiger partial charge in [-0.15, -0.1) is 5.10 Å². The van der Waals surface area contributed by atoms with Crippen LogP contribution in [-0.2, 0) is 23.3 Å². The van der Waals surface area contributed by atoms with E-state index in [4.69, 9.17) is 20.3 Å². The van der Waals surface area contributed by atoms with Gasteiger partial charge in [0.05, 0.1) is 12.1 Å². The number of carbonyl (C=O) groups excluding carboxylic acids is 1. The Bertz CT molecular complexity index is 2520. The lowest BCUT2D eigenvalue weighted by Gasteiger charge is -2.36. The third kappa shape index (κ3) is 8.41. The molecule has 8 aromatic rings. The molecule has 0 aliphatic heterocycles. The van der Waals surface area contributed by atoms with E-state index in [1.165, 1.54) is 0 Å². The van der Waals surface area contributed by atoms with Crippen LogP contribution >= 0.6 is 0 Å². The first-order chi connectivity index (χ1) is 28.9. The van der Waals surface area contributed by atoms with Crippen molar-refractivity contribution in [3.05, 3.63) is 209 Å². The van der Waals surface area contributed by atoms with Gasteiger partial charge in [0.1, 0.15) is 11.4 Å². The molecular weight excluding hydrogens is 729 g/mol. The normalized spacial score (nSPS) is 11.4. The van der Waals surface area contributed by atoms with Crippen molar-refractivity contribution in [2.24, 2.45) is 5.92 Å². The smallest absolute Gasteiger partial charge is 0.229 e. The van der Waals surface area contributed by atoms with E-state index in [0.717, 1.165) is 44.5 Å². The van der Waals surface area contributed by atoms with Gasteiger partial charge in [0, 0.05) is 30.3 Å². The summed E-state index contributed by atoms with van der Waals surface area (Å²) in [5.74, 6) is 1.60. The molecule has 0 saturated heterocycles. The van der Waals surface area contributed by atoms with Crippen molar-refractivity contribution in [3.8, 4) is 22.6 Å². The van der Waals surface area contributed by atoms with Crippen LogP contribution in [0, 0.1) is 12.8 Å². The number of aromatic nitrogens is 6. The van der Waals surface area contributed by atoms with Crippen LogP contribution in [0.25, 0.3) is 22.6 Å². The number of carbonyl (C=O) groups is 1. The molecule has 0 atom stereocenters. The van der Waals surface area contributed by atoms with E-state index in [9.17, 15) is 4.79 Å². The van der Waals surface area contributed by atoms with E-state index in [-0.39, 0.29) is 12.3 Å². The molecule has 9 nitrogen and oxygen atoms in total. The Balaban J connectivity index is 1.30. The number of hydrogen-bond acceptors (Lipinski definition) is 7. The lowest BCUT2D eigenvalue weighted by molar-refractivity contribution is -0.115. The summed E-state index contributed by atoms with van der Waals surface area (Å²) in [6.45, 7) is 7.68. The van der Waals surface area contributed by atoms with Gasteiger partial charge in [-0.05, 0) is 51.1 Å². The van der Waals surface area contributed by atoms with Gasteiger partial charge in [0.2, 0.25) is 11.9 Å². The minimum atomic E-state index is -0.953. The van der Waals surface area contributed by atoms with Crippen molar-refractivity contribution < 1.29 is 4.79 Å². The highest BCUT2D eigenvalue weighted by Crippen LogP contribution is 2.43. The van der Waals surface area contributed by atoms with Gasteiger partial charge >= 0.3 is 0 Å². The molecule has 1 amide bonds. The number of nitrogens with one attached hydrogen (secondary N) is 1. The summed E-state index contributed by atoms with van der Waals surface area (Å²) >= 11 is 0. The summed E-state index contributed by atoms with van der Waals surface area (Å²) in [6, 6.07) is 59.2. The number of benzene rings is 6. The monoisotopic (exact) mass is 774 g/mol. The summed E-state index contributed by atoms with van der Waals surface area (Å²) in [5.41, 5.74) is 7.40. The van der Waals surface area contributed by atoms with Crippen LogP contribution in [0.4, 0.5) is 11.8 Å². The van der Waals surface area contributed by atoms with E-state index >= 15 is 0 Å². The van der Waals surface area contributed by atoms with Crippen LogP contribution in [0.1, 0.15) is 47.2 Å². The van der Waals surface area contributed by atoms with Crippen LogP contribution in [0.5, 0.6) is 0 Å². The third-order valence-corrected chi connectivity index (χ3v) is 10.4. The van der Waals surface area contributed by atoms with Crippen LogP contribution in [0.15, 0.2) is 176 Å². The Morgan fingerprint density at radius 1 is 0.661 bits per heavy atom. The van der Waals surface area contributed by atoms with Gasteiger partial charge in [0.15, 0.2) is 5.82 Å². The summed E-state index contributed by atoms with van der Waals surface area (Å²) in [6.07, 6.45) is 0.209.